The van der Waals surface area contributed by atoms with Gasteiger partial charge in [0, 0.05) is 6.04 Å². The molecule has 0 aliphatic heterocycles. The highest BCUT2D eigenvalue weighted by Gasteiger charge is 2.29. The summed E-state index contributed by atoms with van der Waals surface area (Å²) in [7, 11) is 1.70. The zero-order chi connectivity index (χ0) is 15.2. The normalized spacial score (nSPS) is 27.3. The van der Waals surface area contributed by atoms with Crippen molar-refractivity contribution < 1.29 is 4.74 Å². The van der Waals surface area contributed by atoms with Crippen molar-refractivity contribution in [3.63, 3.8) is 0 Å². The van der Waals surface area contributed by atoms with Gasteiger partial charge in [-0.2, -0.15) is 0 Å². The third-order valence-electron chi connectivity index (χ3n) is 4.90. The fourth-order valence-corrected chi connectivity index (χ4v) is 3.91. The number of ether oxygens (including phenoxy) is 1. The van der Waals surface area contributed by atoms with E-state index in [1.165, 1.54) is 24.8 Å². The molecule has 3 N–H and O–H groups in total. The van der Waals surface area contributed by atoms with Crippen LogP contribution in [0.25, 0.3) is 0 Å². The zero-order valence-corrected chi connectivity index (χ0v) is 13.6. The summed E-state index contributed by atoms with van der Waals surface area (Å²) < 4.78 is 5.20. The van der Waals surface area contributed by atoms with Gasteiger partial charge in [0.15, 0.2) is 0 Å². The third kappa shape index (κ3) is 4.72. The molecule has 21 heavy (non-hydrogen) atoms. The molecule has 0 saturated heterocycles. The molecule has 3 nitrogen and oxygen atoms in total. The van der Waals surface area contributed by atoms with Crippen LogP contribution >= 0.6 is 0 Å². The molecule has 0 bridgehead atoms. The molecule has 0 heterocycles. The van der Waals surface area contributed by atoms with E-state index in [0.717, 1.165) is 30.4 Å². The molecular formula is C18H30N2O. The molecule has 0 spiro atoms. The standard InChI is InChI=1S/C18H30N2O/c1-13-10-14(2)12-16(11-13)18(20-19)9-6-15-4-7-17(21-3)8-5-15/h4-5,7-8,13-14,16,18,20H,6,9-12,19H2,1-3H3. The number of nitrogens with one attached hydrogen (secondary N) is 1. The number of hydrogen-bond donors (Lipinski definition) is 2. The summed E-state index contributed by atoms with van der Waals surface area (Å²) in [5.74, 6) is 9.13. The second-order valence-corrected chi connectivity index (χ2v) is 6.84. The lowest BCUT2D eigenvalue weighted by atomic mass is 9.73. The number of hydrazine groups is 1. The van der Waals surface area contributed by atoms with Gasteiger partial charge in [-0.05, 0) is 67.6 Å². The van der Waals surface area contributed by atoms with E-state index in [0.29, 0.717) is 12.0 Å². The molecule has 118 valence electrons. The van der Waals surface area contributed by atoms with Crippen molar-refractivity contribution in [1.29, 1.82) is 0 Å². The number of aryl methyl sites for hydroxylation is 1. The summed E-state index contributed by atoms with van der Waals surface area (Å²) in [5.41, 5.74) is 4.44. The lowest BCUT2D eigenvalue weighted by Gasteiger charge is -2.36. The van der Waals surface area contributed by atoms with Gasteiger partial charge in [0.2, 0.25) is 0 Å². The van der Waals surface area contributed by atoms with Crippen LogP contribution < -0.4 is 16.0 Å². The van der Waals surface area contributed by atoms with Crippen molar-refractivity contribution in [2.75, 3.05) is 7.11 Å². The largest absolute Gasteiger partial charge is 0.497 e. The van der Waals surface area contributed by atoms with Gasteiger partial charge in [0.1, 0.15) is 5.75 Å². The van der Waals surface area contributed by atoms with Gasteiger partial charge in [-0.1, -0.05) is 26.0 Å². The Labute approximate surface area is 129 Å². The van der Waals surface area contributed by atoms with Crippen LogP contribution in [0.2, 0.25) is 0 Å². The number of rotatable bonds is 6. The Hall–Kier alpha value is -1.06. The Morgan fingerprint density at radius 1 is 1.14 bits per heavy atom. The lowest BCUT2D eigenvalue weighted by Crippen LogP contribution is -2.43. The van der Waals surface area contributed by atoms with E-state index >= 15 is 0 Å². The van der Waals surface area contributed by atoms with Crippen LogP contribution in [0.5, 0.6) is 5.75 Å². The predicted molar refractivity (Wildman–Crippen MR) is 88.1 cm³/mol. The first-order chi connectivity index (χ1) is 10.1. The van der Waals surface area contributed by atoms with Crippen molar-refractivity contribution in [1.82, 2.24) is 5.43 Å². The molecule has 1 aliphatic carbocycles. The maximum atomic E-state index is 5.83. The van der Waals surface area contributed by atoms with Crippen molar-refractivity contribution in [2.45, 2.75) is 52.0 Å². The van der Waals surface area contributed by atoms with E-state index in [2.05, 4.69) is 31.4 Å². The Kier molecular flexibility index (Phi) is 6.07. The summed E-state index contributed by atoms with van der Waals surface area (Å²) in [6, 6.07) is 8.80. The van der Waals surface area contributed by atoms with Crippen molar-refractivity contribution in [3.05, 3.63) is 29.8 Å². The van der Waals surface area contributed by atoms with Gasteiger partial charge in [-0.3, -0.25) is 11.3 Å². The average Bonchev–Trinajstić information content (AvgIpc) is 2.47. The fraction of sp³-hybridized carbons (Fsp3) is 0.667. The molecule has 1 aromatic carbocycles. The molecule has 3 atom stereocenters. The van der Waals surface area contributed by atoms with Crippen molar-refractivity contribution >= 4 is 0 Å². The van der Waals surface area contributed by atoms with Gasteiger partial charge in [-0.15, -0.1) is 0 Å². The summed E-state index contributed by atoms with van der Waals surface area (Å²) in [5, 5.41) is 0. The predicted octanol–water partition coefficient (Wildman–Crippen LogP) is 3.53. The molecule has 1 aromatic rings. The monoisotopic (exact) mass is 290 g/mol. The maximum Gasteiger partial charge on any atom is 0.118 e. The molecule has 0 radical (unpaired) electrons. The van der Waals surface area contributed by atoms with Crippen molar-refractivity contribution in [3.8, 4) is 5.75 Å². The Morgan fingerprint density at radius 3 is 2.29 bits per heavy atom. The van der Waals surface area contributed by atoms with Crippen LogP contribution in [0, 0.1) is 17.8 Å². The SMILES string of the molecule is COc1ccc(CCC(NN)C2CC(C)CC(C)C2)cc1. The van der Waals surface area contributed by atoms with E-state index in [4.69, 9.17) is 10.6 Å². The van der Waals surface area contributed by atoms with Crippen LogP contribution in [-0.4, -0.2) is 13.2 Å². The summed E-state index contributed by atoms with van der Waals surface area (Å²) >= 11 is 0. The van der Waals surface area contributed by atoms with Gasteiger partial charge in [0.05, 0.1) is 7.11 Å². The highest BCUT2D eigenvalue weighted by molar-refractivity contribution is 5.27. The fourth-order valence-electron chi connectivity index (χ4n) is 3.91. The van der Waals surface area contributed by atoms with Gasteiger partial charge >= 0.3 is 0 Å². The maximum absolute atomic E-state index is 5.83. The summed E-state index contributed by atoms with van der Waals surface area (Å²) in [6.07, 6.45) is 6.15. The van der Waals surface area contributed by atoms with Gasteiger partial charge < -0.3 is 4.74 Å². The first kappa shape index (κ1) is 16.3. The first-order valence-electron chi connectivity index (χ1n) is 8.21. The molecule has 3 unspecified atom stereocenters. The highest BCUT2D eigenvalue weighted by atomic mass is 16.5. The highest BCUT2D eigenvalue weighted by Crippen LogP contribution is 2.35. The minimum absolute atomic E-state index is 0.428. The van der Waals surface area contributed by atoms with Crippen LogP contribution in [0.15, 0.2) is 24.3 Å². The molecule has 1 fully saturated rings. The smallest absolute Gasteiger partial charge is 0.118 e. The van der Waals surface area contributed by atoms with Gasteiger partial charge in [-0.25, -0.2) is 0 Å². The van der Waals surface area contributed by atoms with E-state index in [-0.39, 0.29) is 0 Å². The molecular weight excluding hydrogens is 260 g/mol. The molecule has 2 rings (SSSR count). The number of hydrogen-bond acceptors (Lipinski definition) is 3. The number of nitrogens with two attached hydrogens (primary N) is 1. The quantitative estimate of drug-likeness (QED) is 0.622. The van der Waals surface area contributed by atoms with E-state index in [1.54, 1.807) is 7.11 Å². The molecule has 1 aliphatic rings. The Morgan fingerprint density at radius 2 is 1.76 bits per heavy atom. The summed E-state index contributed by atoms with van der Waals surface area (Å²) in [4.78, 5) is 0. The second-order valence-electron chi connectivity index (χ2n) is 6.84. The molecule has 3 heteroatoms. The van der Waals surface area contributed by atoms with Crippen LogP contribution in [0.3, 0.4) is 0 Å². The first-order valence-corrected chi connectivity index (χ1v) is 8.21. The van der Waals surface area contributed by atoms with Crippen LogP contribution in [0.1, 0.15) is 45.1 Å². The third-order valence-corrected chi connectivity index (χ3v) is 4.90. The zero-order valence-electron chi connectivity index (χ0n) is 13.6. The average molecular weight is 290 g/mol. The lowest BCUT2D eigenvalue weighted by molar-refractivity contribution is 0.171. The van der Waals surface area contributed by atoms with Crippen LogP contribution in [0.4, 0.5) is 0 Å². The topological polar surface area (TPSA) is 47.3 Å². The minimum atomic E-state index is 0.428. The van der Waals surface area contributed by atoms with E-state index in [9.17, 15) is 0 Å². The number of methoxy groups -OCH3 is 1. The minimum Gasteiger partial charge on any atom is -0.497 e. The van der Waals surface area contributed by atoms with Crippen LogP contribution in [-0.2, 0) is 6.42 Å². The summed E-state index contributed by atoms with van der Waals surface area (Å²) in [6.45, 7) is 4.75. The number of benzene rings is 1. The molecule has 1 saturated carbocycles. The van der Waals surface area contributed by atoms with Crippen molar-refractivity contribution in [2.24, 2.45) is 23.6 Å². The molecule has 0 aromatic heterocycles. The van der Waals surface area contributed by atoms with E-state index < -0.39 is 0 Å². The van der Waals surface area contributed by atoms with E-state index in [1.807, 2.05) is 12.1 Å². The Balaban J connectivity index is 1.89. The second kappa shape index (κ2) is 7.81. The molecule has 0 amide bonds. The van der Waals surface area contributed by atoms with Gasteiger partial charge in [0.25, 0.3) is 0 Å². The Bertz CT molecular complexity index is 408.